The summed E-state index contributed by atoms with van der Waals surface area (Å²) in [5.74, 6) is 0. The summed E-state index contributed by atoms with van der Waals surface area (Å²) in [4.78, 5) is 0. The topological polar surface area (TPSA) is 36.9 Å². The Bertz CT molecular complexity index is 344. The summed E-state index contributed by atoms with van der Waals surface area (Å²) in [7, 11) is 0. The van der Waals surface area contributed by atoms with Crippen LogP contribution in [0.1, 0.15) is 182 Å². The summed E-state index contributed by atoms with van der Waals surface area (Å²) >= 11 is -3.72. The van der Waals surface area contributed by atoms with Crippen molar-refractivity contribution in [3.63, 3.8) is 0 Å². The number of hydrogen-bond donors (Lipinski definition) is 0. The quantitative estimate of drug-likeness (QED) is 0.0578. The third kappa shape index (κ3) is 26.4. The van der Waals surface area contributed by atoms with Crippen LogP contribution in [0.4, 0.5) is 0 Å². The third-order valence-electron chi connectivity index (χ3n) is 7.11. The minimum atomic E-state index is -3.72. The minimum absolute atomic E-state index is 0.718. The molecule has 0 aliphatic rings. The molecule has 4 nitrogen and oxygen atoms in total. The van der Waals surface area contributed by atoms with Crippen LogP contribution in [-0.4, -0.2) is 41.0 Å². The molecule has 37 heavy (non-hydrogen) atoms. The molecule has 0 N–H and O–H groups in total. The van der Waals surface area contributed by atoms with Crippen LogP contribution in [0, 0.1) is 0 Å². The SMILES string of the molecule is CCCCCCCC[O][Ge]([O]CCCCCCCC)([O]CCCCCCCC)[O]CCCCCCCC. The monoisotopic (exact) mass is 590 g/mol. The molecule has 0 aliphatic heterocycles. The molecule has 5 heteroatoms. The molecular weight excluding hydrogens is 521 g/mol. The van der Waals surface area contributed by atoms with Gasteiger partial charge in [0.2, 0.25) is 0 Å². The van der Waals surface area contributed by atoms with E-state index in [4.69, 9.17) is 15.1 Å². The van der Waals surface area contributed by atoms with E-state index in [2.05, 4.69) is 27.7 Å². The van der Waals surface area contributed by atoms with Crippen LogP contribution in [0.15, 0.2) is 0 Å². The van der Waals surface area contributed by atoms with Crippen LogP contribution < -0.4 is 0 Å². The summed E-state index contributed by atoms with van der Waals surface area (Å²) in [6.07, 6.45) is 30.3. The molecule has 0 aromatic heterocycles. The predicted molar refractivity (Wildman–Crippen MR) is 163 cm³/mol. The molecule has 0 rings (SSSR count). The van der Waals surface area contributed by atoms with Crippen LogP contribution >= 0.6 is 0 Å². The number of unbranched alkanes of at least 4 members (excludes halogenated alkanes) is 20. The van der Waals surface area contributed by atoms with Crippen molar-refractivity contribution in [1.29, 1.82) is 0 Å². The van der Waals surface area contributed by atoms with Gasteiger partial charge in [-0.05, 0) is 0 Å². The van der Waals surface area contributed by atoms with Gasteiger partial charge in [0.1, 0.15) is 0 Å². The Labute approximate surface area is 237 Å². The van der Waals surface area contributed by atoms with Gasteiger partial charge >= 0.3 is 238 Å². The summed E-state index contributed by atoms with van der Waals surface area (Å²) in [5, 5.41) is 0. The van der Waals surface area contributed by atoms with Crippen molar-refractivity contribution in [3.05, 3.63) is 0 Å². The molecule has 0 amide bonds. The van der Waals surface area contributed by atoms with Crippen LogP contribution in [0.3, 0.4) is 0 Å². The first-order valence-corrected chi connectivity index (χ1v) is 20.2. The van der Waals surface area contributed by atoms with Crippen LogP contribution in [0.2, 0.25) is 0 Å². The summed E-state index contributed by atoms with van der Waals surface area (Å²) in [6, 6.07) is 0. The zero-order valence-corrected chi connectivity index (χ0v) is 28.0. The van der Waals surface area contributed by atoms with Gasteiger partial charge in [0.15, 0.2) is 0 Å². The average Bonchev–Trinajstić information content (AvgIpc) is 2.91. The van der Waals surface area contributed by atoms with Crippen molar-refractivity contribution in [1.82, 2.24) is 0 Å². The summed E-state index contributed by atoms with van der Waals surface area (Å²) < 4.78 is 26.0. The predicted octanol–water partition coefficient (Wildman–Crippen LogP) is 10.9. The van der Waals surface area contributed by atoms with E-state index in [1.807, 2.05) is 0 Å². The maximum atomic E-state index is 6.49. The van der Waals surface area contributed by atoms with E-state index < -0.39 is 14.6 Å². The first-order valence-electron chi connectivity index (χ1n) is 16.8. The summed E-state index contributed by atoms with van der Waals surface area (Å²) in [6.45, 7) is 12.0. The number of hydrogen-bond acceptors (Lipinski definition) is 4. The van der Waals surface area contributed by atoms with E-state index >= 15 is 0 Å². The Morgan fingerprint density at radius 3 is 0.676 bits per heavy atom. The Morgan fingerprint density at radius 1 is 0.270 bits per heavy atom. The van der Waals surface area contributed by atoms with Crippen molar-refractivity contribution >= 4 is 14.6 Å². The molecule has 0 spiro atoms. The summed E-state index contributed by atoms with van der Waals surface area (Å²) in [5.41, 5.74) is 0. The van der Waals surface area contributed by atoms with Crippen LogP contribution in [-0.2, 0) is 15.1 Å². The molecule has 0 bridgehead atoms. The van der Waals surface area contributed by atoms with Gasteiger partial charge in [0, 0.05) is 0 Å². The standard InChI is InChI=1S/C32H68GeO4/c1-5-9-13-17-21-25-29-34-33(35-30-26-22-18-14-10-6-2,36-31-27-23-19-15-11-7-3)37-32-28-24-20-16-12-8-4/h5-32H2,1-4H3. The second-order valence-electron chi connectivity index (χ2n) is 11.0. The van der Waals surface area contributed by atoms with Crippen LogP contribution in [0.5, 0.6) is 0 Å². The van der Waals surface area contributed by atoms with Crippen molar-refractivity contribution < 1.29 is 15.1 Å². The average molecular weight is 590 g/mol. The van der Waals surface area contributed by atoms with E-state index in [1.165, 1.54) is 128 Å². The van der Waals surface area contributed by atoms with Crippen molar-refractivity contribution in [3.8, 4) is 0 Å². The van der Waals surface area contributed by atoms with E-state index in [0.29, 0.717) is 0 Å². The Balaban J connectivity index is 4.78. The maximum absolute atomic E-state index is 6.49. The molecule has 0 heterocycles. The van der Waals surface area contributed by atoms with Crippen molar-refractivity contribution in [2.45, 2.75) is 182 Å². The zero-order valence-electron chi connectivity index (χ0n) is 25.9. The zero-order chi connectivity index (χ0) is 27.1. The first kappa shape index (κ1) is 37.4. The molecule has 0 aromatic carbocycles. The van der Waals surface area contributed by atoms with Gasteiger partial charge in [-0.2, -0.15) is 0 Å². The molecular formula is C32H68GeO4. The van der Waals surface area contributed by atoms with Gasteiger partial charge in [-0.15, -0.1) is 0 Å². The fourth-order valence-electron chi connectivity index (χ4n) is 4.57. The Kier molecular flexibility index (Phi) is 31.2. The Hall–Kier alpha value is 0.383. The second-order valence-corrected chi connectivity index (χ2v) is 15.5. The third-order valence-corrected chi connectivity index (χ3v) is 11.8. The molecule has 0 atom stereocenters. The van der Waals surface area contributed by atoms with Crippen LogP contribution in [0.25, 0.3) is 0 Å². The fourth-order valence-corrected chi connectivity index (χ4v) is 8.93. The molecule has 0 aliphatic carbocycles. The second kappa shape index (κ2) is 30.9. The first-order chi connectivity index (χ1) is 18.2. The van der Waals surface area contributed by atoms with Gasteiger partial charge in [-0.3, -0.25) is 0 Å². The van der Waals surface area contributed by atoms with E-state index in [-0.39, 0.29) is 0 Å². The molecule has 0 radical (unpaired) electrons. The van der Waals surface area contributed by atoms with Gasteiger partial charge in [0.25, 0.3) is 0 Å². The molecule has 0 aromatic rings. The van der Waals surface area contributed by atoms with Crippen molar-refractivity contribution in [2.75, 3.05) is 26.4 Å². The van der Waals surface area contributed by atoms with Gasteiger partial charge < -0.3 is 0 Å². The van der Waals surface area contributed by atoms with Gasteiger partial charge in [-0.1, -0.05) is 0 Å². The molecule has 0 fully saturated rings. The van der Waals surface area contributed by atoms with E-state index in [1.54, 1.807) is 0 Å². The van der Waals surface area contributed by atoms with E-state index in [9.17, 15) is 0 Å². The molecule has 0 saturated heterocycles. The molecule has 0 unspecified atom stereocenters. The fraction of sp³-hybridized carbons (Fsp3) is 1.00. The Morgan fingerprint density at radius 2 is 0.459 bits per heavy atom. The van der Waals surface area contributed by atoms with E-state index in [0.717, 1.165) is 52.1 Å². The molecule has 224 valence electrons. The molecule has 0 saturated carbocycles. The number of rotatable bonds is 32. The van der Waals surface area contributed by atoms with Crippen molar-refractivity contribution in [2.24, 2.45) is 0 Å². The van der Waals surface area contributed by atoms with Gasteiger partial charge in [-0.25, -0.2) is 0 Å². The normalized spacial score (nSPS) is 12.0. The van der Waals surface area contributed by atoms with Gasteiger partial charge in [0.05, 0.1) is 0 Å².